The summed E-state index contributed by atoms with van der Waals surface area (Å²) in [5.74, 6) is 0.491. The topological polar surface area (TPSA) is 62.9 Å². The lowest BCUT2D eigenvalue weighted by Crippen LogP contribution is -2.44. The van der Waals surface area contributed by atoms with E-state index in [4.69, 9.17) is 10.5 Å². The number of nitrogens with one attached hydrogen (secondary N) is 1. The summed E-state index contributed by atoms with van der Waals surface area (Å²) < 4.78 is 5.37. The molecule has 1 heterocycles. The van der Waals surface area contributed by atoms with Gasteiger partial charge in [-0.25, -0.2) is 4.99 Å². The first kappa shape index (κ1) is 20.2. The van der Waals surface area contributed by atoms with Gasteiger partial charge in [0, 0.05) is 25.2 Å². The highest BCUT2D eigenvalue weighted by atomic mass is 127. The summed E-state index contributed by atoms with van der Waals surface area (Å²) in [6, 6.07) is 8.61. The number of guanidine groups is 1. The number of ether oxygens (including phenoxy) is 1. The maximum atomic E-state index is 5.88. The van der Waals surface area contributed by atoms with Gasteiger partial charge in [-0.1, -0.05) is 24.3 Å². The van der Waals surface area contributed by atoms with Gasteiger partial charge in [-0.15, -0.1) is 24.0 Å². The number of rotatable bonds is 4. The zero-order chi connectivity index (χ0) is 16.0. The molecule has 0 radical (unpaired) electrons. The molecule has 130 valence electrons. The molecule has 0 bridgehead atoms. The van der Waals surface area contributed by atoms with Gasteiger partial charge < -0.3 is 15.8 Å². The van der Waals surface area contributed by atoms with Crippen molar-refractivity contribution in [3.8, 4) is 0 Å². The molecule has 1 aliphatic heterocycles. The van der Waals surface area contributed by atoms with Crippen molar-refractivity contribution in [2.75, 3.05) is 26.3 Å². The standard InChI is InChI=1S/C17H28N4O.HI/c1-17(2,3)20-16(18)19-12-14-4-6-15(7-5-14)13-21-8-10-22-11-9-21;/h4-7H,8-13H2,1-3H3,(H3,18,19,20);1H. The smallest absolute Gasteiger partial charge is 0.189 e. The molecule has 6 heteroatoms. The Morgan fingerprint density at radius 1 is 1.17 bits per heavy atom. The lowest BCUT2D eigenvalue weighted by molar-refractivity contribution is 0.0342. The highest BCUT2D eigenvalue weighted by Crippen LogP contribution is 2.10. The third kappa shape index (κ3) is 7.99. The molecule has 1 fully saturated rings. The lowest BCUT2D eigenvalue weighted by atomic mass is 10.1. The molecular weight excluding hydrogens is 403 g/mol. The lowest BCUT2D eigenvalue weighted by Gasteiger charge is -2.26. The number of aliphatic imine (C=N–C) groups is 1. The van der Waals surface area contributed by atoms with Crippen LogP contribution in [0.3, 0.4) is 0 Å². The zero-order valence-electron chi connectivity index (χ0n) is 14.3. The summed E-state index contributed by atoms with van der Waals surface area (Å²) >= 11 is 0. The monoisotopic (exact) mass is 432 g/mol. The molecular formula is C17H29IN4O. The van der Waals surface area contributed by atoms with Crippen molar-refractivity contribution < 1.29 is 4.74 Å². The minimum atomic E-state index is -0.0599. The van der Waals surface area contributed by atoms with E-state index in [0.29, 0.717) is 12.5 Å². The average molecular weight is 432 g/mol. The van der Waals surface area contributed by atoms with Crippen molar-refractivity contribution in [1.29, 1.82) is 0 Å². The predicted octanol–water partition coefficient (Wildman–Crippen LogP) is 2.34. The number of halogens is 1. The van der Waals surface area contributed by atoms with Crippen molar-refractivity contribution >= 4 is 29.9 Å². The Hall–Kier alpha value is -0.860. The highest BCUT2D eigenvalue weighted by molar-refractivity contribution is 14.0. The quantitative estimate of drug-likeness (QED) is 0.436. The van der Waals surface area contributed by atoms with Gasteiger partial charge in [0.1, 0.15) is 0 Å². The molecule has 5 nitrogen and oxygen atoms in total. The first-order valence-corrected chi connectivity index (χ1v) is 7.88. The Bertz CT molecular complexity index is 490. The van der Waals surface area contributed by atoms with Gasteiger partial charge in [0.15, 0.2) is 5.96 Å². The van der Waals surface area contributed by atoms with Crippen LogP contribution in [0.4, 0.5) is 0 Å². The summed E-state index contributed by atoms with van der Waals surface area (Å²) in [6.07, 6.45) is 0. The Kier molecular flexibility index (Phi) is 8.28. The summed E-state index contributed by atoms with van der Waals surface area (Å²) in [5, 5.41) is 3.16. The molecule has 0 atom stereocenters. The average Bonchev–Trinajstić information content (AvgIpc) is 2.46. The van der Waals surface area contributed by atoms with Gasteiger partial charge in [-0.05, 0) is 31.9 Å². The van der Waals surface area contributed by atoms with Gasteiger partial charge in [-0.2, -0.15) is 0 Å². The van der Waals surface area contributed by atoms with Gasteiger partial charge in [0.2, 0.25) is 0 Å². The number of nitrogens with zero attached hydrogens (tertiary/aromatic N) is 2. The van der Waals surface area contributed by atoms with E-state index in [1.807, 2.05) is 0 Å². The van der Waals surface area contributed by atoms with Gasteiger partial charge in [-0.3, -0.25) is 4.90 Å². The minimum Gasteiger partial charge on any atom is -0.379 e. The van der Waals surface area contributed by atoms with Crippen molar-refractivity contribution in [2.24, 2.45) is 10.7 Å². The Morgan fingerprint density at radius 3 is 2.30 bits per heavy atom. The SMILES string of the molecule is CC(C)(C)NC(N)=NCc1ccc(CN2CCOCC2)cc1.I. The molecule has 1 saturated heterocycles. The van der Waals surface area contributed by atoms with Gasteiger partial charge in [0.05, 0.1) is 19.8 Å². The fraction of sp³-hybridized carbons (Fsp3) is 0.588. The summed E-state index contributed by atoms with van der Waals surface area (Å²) in [5.41, 5.74) is 8.32. The molecule has 1 aromatic rings. The molecule has 0 spiro atoms. The number of hydrogen-bond acceptors (Lipinski definition) is 3. The molecule has 3 N–H and O–H groups in total. The van der Waals surface area contributed by atoms with Crippen LogP contribution < -0.4 is 11.1 Å². The first-order chi connectivity index (χ1) is 10.4. The van der Waals surface area contributed by atoms with Crippen LogP contribution in [-0.4, -0.2) is 42.7 Å². The largest absolute Gasteiger partial charge is 0.379 e. The molecule has 2 rings (SSSR count). The zero-order valence-corrected chi connectivity index (χ0v) is 16.7. The van der Waals surface area contributed by atoms with Crippen LogP contribution in [0.15, 0.2) is 29.3 Å². The number of hydrogen-bond donors (Lipinski definition) is 2. The van der Waals surface area contributed by atoms with Crippen molar-refractivity contribution in [2.45, 2.75) is 39.4 Å². The minimum absolute atomic E-state index is 0. The van der Waals surface area contributed by atoms with Crippen molar-refractivity contribution in [3.05, 3.63) is 35.4 Å². The number of nitrogens with two attached hydrogens (primary N) is 1. The summed E-state index contributed by atoms with van der Waals surface area (Å²) in [6.45, 7) is 11.5. The van der Waals surface area contributed by atoms with Crippen molar-refractivity contribution in [1.82, 2.24) is 10.2 Å². The molecule has 0 unspecified atom stereocenters. The fourth-order valence-corrected chi connectivity index (χ4v) is 2.37. The van der Waals surface area contributed by atoms with E-state index in [-0.39, 0.29) is 29.5 Å². The van der Waals surface area contributed by atoms with Crippen LogP contribution in [0.25, 0.3) is 0 Å². The number of morpholine rings is 1. The first-order valence-electron chi connectivity index (χ1n) is 7.88. The van der Waals surface area contributed by atoms with Crippen LogP contribution in [0.5, 0.6) is 0 Å². The highest BCUT2D eigenvalue weighted by Gasteiger charge is 2.11. The second-order valence-corrected chi connectivity index (χ2v) is 6.78. The van der Waals surface area contributed by atoms with E-state index in [1.165, 1.54) is 11.1 Å². The molecule has 1 aliphatic rings. The third-order valence-corrected chi connectivity index (χ3v) is 3.47. The Morgan fingerprint density at radius 2 is 1.74 bits per heavy atom. The molecule has 0 aliphatic carbocycles. The third-order valence-electron chi connectivity index (χ3n) is 3.47. The summed E-state index contributed by atoms with van der Waals surface area (Å²) in [7, 11) is 0. The van der Waals surface area contributed by atoms with E-state index in [2.05, 4.69) is 60.2 Å². The normalized spacial score (nSPS) is 16.7. The van der Waals surface area contributed by atoms with Crippen LogP contribution in [0.1, 0.15) is 31.9 Å². The van der Waals surface area contributed by atoms with Crippen LogP contribution in [0, 0.1) is 0 Å². The van der Waals surface area contributed by atoms with E-state index < -0.39 is 0 Å². The maximum Gasteiger partial charge on any atom is 0.189 e. The fourth-order valence-electron chi connectivity index (χ4n) is 2.37. The van der Waals surface area contributed by atoms with E-state index in [9.17, 15) is 0 Å². The van der Waals surface area contributed by atoms with Gasteiger partial charge in [0.25, 0.3) is 0 Å². The Labute approximate surface area is 156 Å². The second-order valence-electron chi connectivity index (χ2n) is 6.78. The molecule has 1 aromatic carbocycles. The van der Waals surface area contributed by atoms with Crippen LogP contribution in [-0.2, 0) is 17.8 Å². The van der Waals surface area contributed by atoms with E-state index in [1.54, 1.807) is 0 Å². The van der Waals surface area contributed by atoms with Crippen LogP contribution in [0.2, 0.25) is 0 Å². The van der Waals surface area contributed by atoms with Crippen LogP contribution >= 0.6 is 24.0 Å². The molecule has 23 heavy (non-hydrogen) atoms. The number of benzene rings is 1. The maximum absolute atomic E-state index is 5.88. The second kappa shape index (κ2) is 9.44. The van der Waals surface area contributed by atoms with Gasteiger partial charge >= 0.3 is 0 Å². The molecule has 0 amide bonds. The Balaban J connectivity index is 0.00000264. The van der Waals surface area contributed by atoms with Crippen molar-refractivity contribution in [3.63, 3.8) is 0 Å². The molecule has 0 aromatic heterocycles. The van der Waals surface area contributed by atoms with E-state index >= 15 is 0 Å². The summed E-state index contributed by atoms with van der Waals surface area (Å²) in [4.78, 5) is 6.80. The van der Waals surface area contributed by atoms with E-state index in [0.717, 1.165) is 32.8 Å². The molecule has 0 saturated carbocycles. The predicted molar refractivity (Wildman–Crippen MR) is 106 cm³/mol.